The van der Waals surface area contributed by atoms with Crippen molar-refractivity contribution in [2.45, 2.75) is 74.1 Å². The Morgan fingerprint density at radius 1 is 1.17 bits per heavy atom. The van der Waals surface area contributed by atoms with E-state index in [9.17, 15) is 36.0 Å². The summed E-state index contributed by atoms with van der Waals surface area (Å²) in [6, 6.07) is 2.89. The number of rotatable bonds is 7. The molecule has 2 aliphatic heterocycles. The third kappa shape index (κ3) is 7.36. The van der Waals surface area contributed by atoms with E-state index in [1.807, 2.05) is 12.2 Å². The van der Waals surface area contributed by atoms with E-state index < -0.39 is 62.7 Å². The van der Waals surface area contributed by atoms with E-state index in [2.05, 4.69) is 20.0 Å². The molecule has 2 unspecified atom stereocenters. The van der Waals surface area contributed by atoms with Crippen molar-refractivity contribution in [2.24, 2.45) is 5.92 Å². The van der Waals surface area contributed by atoms with E-state index in [0.29, 0.717) is 37.6 Å². The van der Waals surface area contributed by atoms with Gasteiger partial charge in [-0.05, 0) is 50.7 Å². The minimum Gasteiger partial charge on any atom is -0.495 e. The Labute approximate surface area is 311 Å². The van der Waals surface area contributed by atoms with Crippen molar-refractivity contribution in [3.8, 4) is 22.2 Å². The van der Waals surface area contributed by atoms with Gasteiger partial charge in [0.1, 0.15) is 44.9 Å². The smallest absolute Gasteiger partial charge is 0.434 e. The summed E-state index contributed by atoms with van der Waals surface area (Å²) >= 11 is 7.37. The van der Waals surface area contributed by atoms with E-state index in [1.54, 1.807) is 24.1 Å². The largest absolute Gasteiger partial charge is 0.495 e. The van der Waals surface area contributed by atoms with Crippen molar-refractivity contribution >= 4 is 61.7 Å². The molecule has 4 amide bonds. The second kappa shape index (κ2) is 13.9. The summed E-state index contributed by atoms with van der Waals surface area (Å²) in [6.07, 6.45) is 1.47. The average Bonchev–Trinajstić information content (AvgIpc) is 3.98. The number of sulfonamides is 1. The number of thiazole rings is 1. The number of aromatic nitrogens is 2. The van der Waals surface area contributed by atoms with Crippen molar-refractivity contribution in [1.29, 1.82) is 0 Å². The van der Waals surface area contributed by atoms with Crippen molar-refractivity contribution in [3.05, 3.63) is 46.4 Å². The van der Waals surface area contributed by atoms with Gasteiger partial charge in [0.2, 0.25) is 15.9 Å². The number of fused-ring (bicyclic) bond motifs is 3. The lowest BCUT2D eigenvalue weighted by Gasteiger charge is -2.30. The van der Waals surface area contributed by atoms with Gasteiger partial charge in [0.05, 0.1) is 24.4 Å². The fourth-order valence-corrected chi connectivity index (χ4v) is 9.21. The zero-order valence-electron chi connectivity index (χ0n) is 28.6. The Hall–Kier alpha value is -4.16. The Morgan fingerprint density at radius 2 is 1.94 bits per heavy atom. The van der Waals surface area contributed by atoms with E-state index in [4.69, 9.17) is 21.1 Å². The first kappa shape index (κ1) is 37.2. The monoisotopic (exact) mass is 796 g/mol. The number of likely N-dealkylation sites (N-methyl/N-ethyl adjacent to an activating group) is 1. The first-order chi connectivity index (χ1) is 25.1. The van der Waals surface area contributed by atoms with Crippen LogP contribution < -0.4 is 19.5 Å². The van der Waals surface area contributed by atoms with Crippen molar-refractivity contribution in [1.82, 2.24) is 29.8 Å². The number of alkyl halides is 3. The topological polar surface area (TPSA) is 160 Å². The number of urea groups is 1. The Kier molecular flexibility index (Phi) is 9.76. The molecule has 7 rings (SSSR count). The maximum absolute atomic E-state index is 14.1. The first-order valence-electron chi connectivity index (χ1n) is 17.0. The lowest BCUT2D eigenvalue weighted by atomic mass is 10.1. The molecule has 4 atom stereocenters. The van der Waals surface area contributed by atoms with Crippen LogP contribution in [-0.4, -0.2) is 96.2 Å². The van der Waals surface area contributed by atoms with Crippen LogP contribution in [0.4, 0.5) is 18.0 Å². The molecule has 3 aromatic rings. The van der Waals surface area contributed by atoms with Gasteiger partial charge >= 0.3 is 12.2 Å². The number of nitrogens with one attached hydrogen (secondary N) is 2. The van der Waals surface area contributed by atoms with Crippen LogP contribution >= 0.6 is 22.9 Å². The molecule has 53 heavy (non-hydrogen) atoms. The third-order valence-corrected chi connectivity index (χ3v) is 13.0. The molecule has 13 nitrogen and oxygen atoms in total. The summed E-state index contributed by atoms with van der Waals surface area (Å²) in [5.74, 6) is -1.20. The molecule has 19 heteroatoms. The summed E-state index contributed by atoms with van der Waals surface area (Å²) in [4.78, 5) is 52.7. The van der Waals surface area contributed by atoms with Gasteiger partial charge in [-0.1, -0.05) is 23.8 Å². The van der Waals surface area contributed by atoms with Crippen molar-refractivity contribution in [3.63, 3.8) is 0 Å². The predicted molar refractivity (Wildman–Crippen MR) is 189 cm³/mol. The van der Waals surface area contributed by atoms with Crippen LogP contribution in [0.1, 0.15) is 50.6 Å². The molecule has 3 fully saturated rings. The number of ether oxygens (including phenoxy) is 2. The number of benzene rings is 1. The van der Waals surface area contributed by atoms with Gasteiger partial charge in [0.25, 0.3) is 5.91 Å². The van der Waals surface area contributed by atoms with Crippen LogP contribution in [-0.2, 0) is 25.8 Å². The van der Waals surface area contributed by atoms with Crippen LogP contribution in [0.2, 0.25) is 5.02 Å². The first-order valence-corrected chi connectivity index (χ1v) is 19.8. The SMILES string of the molecule is COc1ccc2c(O[C@H]3CC4C(=O)N(C)CCCC/C=C\C5C[C@@]5(C(=O)NS(=O)(=O)C5CC5)NC(=O)N4C3)cc(-c3nc(C(F)(F)F)cs3)nc2c1Cl. The zero-order valence-corrected chi connectivity index (χ0v) is 31.0. The molecule has 2 N–H and O–H groups in total. The van der Waals surface area contributed by atoms with E-state index >= 15 is 0 Å². The number of allylic oxidation sites excluding steroid dienone is 1. The highest BCUT2D eigenvalue weighted by atomic mass is 35.5. The minimum atomic E-state index is -4.67. The van der Waals surface area contributed by atoms with E-state index in [-0.39, 0.29) is 58.0 Å². The van der Waals surface area contributed by atoms with Crippen LogP contribution in [0.3, 0.4) is 0 Å². The van der Waals surface area contributed by atoms with Gasteiger partial charge in [-0.25, -0.2) is 23.2 Å². The van der Waals surface area contributed by atoms with Crippen LogP contribution in [0.25, 0.3) is 21.6 Å². The standard InChI is InChI=1S/C34H36ClF3N6O7S2/c1-43-12-6-4-3-5-7-18-15-33(18,31(46)42-53(48,49)20-8-9-20)41-32(47)44-16-19(13-23(44)30(43)45)51-25-14-22(29-40-26(17-52-29)34(36,37)38)39-28-21(25)10-11-24(50-2)27(28)35/h5,7,10-11,14,17-20,23H,3-4,6,8-9,12-13,15-16H2,1-2H3,(H,41,47)(H,42,46)/b7-5-/t18?,19-,23?,33+/m0/s1. The van der Waals surface area contributed by atoms with Gasteiger partial charge in [-0.2, -0.15) is 13.2 Å². The lowest BCUT2D eigenvalue weighted by Crippen LogP contribution is -2.57. The number of carbonyl (C=O) groups excluding carboxylic acids is 3. The number of amides is 4. The molecule has 2 aliphatic carbocycles. The number of halogens is 4. The Bertz CT molecular complexity index is 2110. The fourth-order valence-electron chi connectivity index (χ4n) is 6.78. The molecule has 4 aliphatic rings. The second-order valence-corrected chi connectivity index (χ2v) is 16.9. The van der Waals surface area contributed by atoms with E-state index in [0.717, 1.165) is 23.1 Å². The average molecular weight is 797 g/mol. The summed E-state index contributed by atoms with van der Waals surface area (Å²) in [5.41, 5.74) is -2.39. The number of hydrogen-bond donors (Lipinski definition) is 2. The lowest BCUT2D eigenvalue weighted by molar-refractivity contribution is -0.140. The van der Waals surface area contributed by atoms with Crippen LogP contribution in [0.15, 0.2) is 35.7 Å². The quantitative estimate of drug-likeness (QED) is 0.309. The maximum atomic E-state index is 14.1. The van der Waals surface area contributed by atoms with E-state index in [1.165, 1.54) is 18.1 Å². The molecule has 284 valence electrons. The van der Waals surface area contributed by atoms with Crippen molar-refractivity contribution < 1.29 is 45.4 Å². The van der Waals surface area contributed by atoms with Gasteiger partial charge in [-0.15, -0.1) is 11.3 Å². The summed E-state index contributed by atoms with van der Waals surface area (Å²) < 4.78 is 79.8. The number of pyridine rings is 1. The number of carbonyl (C=O) groups is 3. The summed E-state index contributed by atoms with van der Waals surface area (Å²) in [7, 11) is -0.862. The molecule has 0 radical (unpaired) electrons. The van der Waals surface area contributed by atoms with Gasteiger partial charge < -0.3 is 24.6 Å². The molecule has 0 spiro atoms. The third-order valence-electron chi connectivity index (χ3n) is 9.99. The molecular weight excluding hydrogens is 761 g/mol. The number of nitrogens with zero attached hydrogens (tertiary/aromatic N) is 4. The zero-order chi connectivity index (χ0) is 37.9. The molecular formula is C34H36ClF3N6O7S2. The Balaban J connectivity index is 1.21. The molecule has 2 aromatic heterocycles. The molecule has 1 aromatic carbocycles. The highest BCUT2D eigenvalue weighted by Gasteiger charge is 2.62. The molecule has 2 saturated carbocycles. The molecule has 0 bridgehead atoms. The number of methoxy groups -OCH3 is 1. The summed E-state index contributed by atoms with van der Waals surface area (Å²) in [5, 5.41) is 3.46. The highest BCUT2D eigenvalue weighted by Crippen LogP contribution is 2.46. The number of hydrogen-bond acceptors (Lipinski definition) is 10. The van der Waals surface area contributed by atoms with Crippen LogP contribution in [0, 0.1) is 5.92 Å². The predicted octanol–water partition coefficient (Wildman–Crippen LogP) is 5.14. The Morgan fingerprint density at radius 3 is 2.64 bits per heavy atom. The maximum Gasteiger partial charge on any atom is 0.434 e. The second-order valence-electron chi connectivity index (χ2n) is 13.7. The highest BCUT2D eigenvalue weighted by molar-refractivity contribution is 7.91. The normalized spacial score (nSPS) is 26.0. The minimum absolute atomic E-state index is 0.0354. The van der Waals surface area contributed by atoms with Crippen LogP contribution in [0.5, 0.6) is 11.5 Å². The molecule has 1 saturated heterocycles. The van der Waals surface area contributed by atoms with Gasteiger partial charge in [0, 0.05) is 42.8 Å². The summed E-state index contributed by atoms with van der Waals surface area (Å²) in [6.45, 7) is 0.318. The van der Waals surface area contributed by atoms with Gasteiger partial charge in [0.15, 0.2) is 5.69 Å². The molecule has 4 heterocycles. The van der Waals surface area contributed by atoms with Gasteiger partial charge in [-0.3, -0.25) is 14.3 Å². The van der Waals surface area contributed by atoms with Crippen molar-refractivity contribution in [2.75, 3.05) is 27.2 Å². The fraction of sp³-hybridized carbons (Fsp3) is 0.500.